The summed E-state index contributed by atoms with van der Waals surface area (Å²) < 4.78 is 30.7. The van der Waals surface area contributed by atoms with Crippen molar-refractivity contribution in [1.29, 1.82) is 0 Å². The van der Waals surface area contributed by atoms with E-state index in [1.54, 1.807) is 12.1 Å². The van der Waals surface area contributed by atoms with Gasteiger partial charge in [-0.05, 0) is 24.1 Å². The summed E-state index contributed by atoms with van der Waals surface area (Å²) in [5.41, 5.74) is 1.22. The van der Waals surface area contributed by atoms with Crippen LogP contribution in [-0.4, -0.2) is 34.1 Å². The van der Waals surface area contributed by atoms with E-state index in [1.165, 1.54) is 0 Å². The van der Waals surface area contributed by atoms with E-state index in [4.69, 9.17) is 4.74 Å². The molecule has 0 aromatic heterocycles. The average molecular weight is 327 g/mol. The Labute approximate surface area is 129 Å². The monoisotopic (exact) mass is 326 g/mol. The summed E-state index contributed by atoms with van der Waals surface area (Å²) >= 11 is 0. The SMILES string of the molecule is Cc1ccc(S(=O)(=O)C[C@@H]2O[C@H]2[Si](C)(C)C(C)(C)C)cc1. The van der Waals surface area contributed by atoms with Gasteiger partial charge >= 0.3 is 0 Å². The zero-order valence-corrected chi connectivity index (χ0v) is 15.6. The van der Waals surface area contributed by atoms with Gasteiger partial charge in [-0.25, -0.2) is 8.42 Å². The standard InChI is InChI=1S/C16H26O3SSi/c1-12-7-9-13(10-8-12)20(17,18)11-14-15(19-14)21(5,6)16(2,3)4/h7-10,14-15H,11H2,1-6H3/t14-,15-/m0/s1. The Hall–Kier alpha value is -0.653. The molecule has 21 heavy (non-hydrogen) atoms. The van der Waals surface area contributed by atoms with E-state index in [9.17, 15) is 8.42 Å². The molecule has 5 heteroatoms. The Morgan fingerprint density at radius 3 is 2.14 bits per heavy atom. The van der Waals surface area contributed by atoms with Gasteiger partial charge in [0.15, 0.2) is 9.84 Å². The second kappa shape index (κ2) is 5.21. The van der Waals surface area contributed by atoms with Gasteiger partial charge in [-0.3, -0.25) is 0 Å². The minimum Gasteiger partial charge on any atom is -0.372 e. The first kappa shape index (κ1) is 16.7. The lowest BCUT2D eigenvalue weighted by molar-refractivity contribution is 0.403. The van der Waals surface area contributed by atoms with Crippen molar-refractivity contribution in [2.75, 3.05) is 5.75 Å². The molecule has 3 nitrogen and oxygen atoms in total. The minimum absolute atomic E-state index is 0.104. The molecule has 0 radical (unpaired) electrons. The largest absolute Gasteiger partial charge is 0.372 e. The van der Waals surface area contributed by atoms with E-state index in [2.05, 4.69) is 33.9 Å². The van der Waals surface area contributed by atoms with Gasteiger partial charge in [0.1, 0.15) is 0 Å². The molecule has 0 spiro atoms. The average Bonchev–Trinajstić information content (AvgIpc) is 3.07. The van der Waals surface area contributed by atoms with Crippen LogP contribution in [0.1, 0.15) is 26.3 Å². The van der Waals surface area contributed by atoms with Crippen molar-refractivity contribution >= 4 is 17.9 Å². The predicted molar refractivity (Wildman–Crippen MR) is 89.1 cm³/mol. The van der Waals surface area contributed by atoms with E-state index in [0.717, 1.165) is 5.56 Å². The number of hydrogen-bond acceptors (Lipinski definition) is 3. The fourth-order valence-corrected chi connectivity index (χ4v) is 6.41. The van der Waals surface area contributed by atoms with E-state index in [-0.39, 0.29) is 22.6 Å². The van der Waals surface area contributed by atoms with Crippen LogP contribution in [0.25, 0.3) is 0 Å². The highest BCUT2D eigenvalue weighted by Gasteiger charge is 2.56. The predicted octanol–water partition coefficient (Wildman–Crippen LogP) is 3.58. The molecule has 1 aliphatic heterocycles. The smallest absolute Gasteiger partial charge is 0.181 e. The number of rotatable bonds is 4. The summed E-state index contributed by atoms with van der Waals surface area (Å²) in [6.07, 6.45) is -0.128. The Morgan fingerprint density at radius 2 is 1.67 bits per heavy atom. The van der Waals surface area contributed by atoms with Gasteiger partial charge in [0.25, 0.3) is 0 Å². The molecule has 1 fully saturated rings. The lowest BCUT2D eigenvalue weighted by atomic mass is 10.2. The molecular formula is C16H26O3SSi. The number of sulfone groups is 1. The first-order chi connectivity index (χ1) is 9.45. The van der Waals surface area contributed by atoms with Gasteiger partial charge in [-0.1, -0.05) is 51.6 Å². The summed E-state index contributed by atoms with van der Waals surface area (Å²) in [6.45, 7) is 13.2. The zero-order valence-electron chi connectivity index (χ0n) is 13.8. The highest BCUT2D eigenvalue weighted by atomic mass is 32.2. The van der Waals surface area contributed by atoms with Crippen molar-refractivity contribution in [2.45, 2.75) is 62.6 Å². The number of ether oxygens (including phenoxy) is 1. The molecule has 0 unspecified atom stereocenters. The van der Waals surface area contributed by atoms with Gasteiger partial charge < -0.3 is 4.74 Å². The van der Waals surface area contributed by atoms with Crippen molar-refractivity contribution in [3.63, 3.8) is 0 Å². The van der Waals surface area contributed by atoms with Crippen LogP contribution in [0, 0.1) is 6.92 Å². The van der Waals surface area contributed by atoms with Crippen molar-refractivity contribution < 1.29 is 13.2 Å². The molecule has 0 N–H and O–H groups in total. The second-order valence-corrected chi connectivity index (χ2v) is 15.2. The quantitative estimate of drug-likeness (QED) is 0.627. The van der Waals surface area contributed by atoms with Gasteiger partial charge in [-0.2, -0.15) is 0 Å². The number of hydrogen-bond donors (Lipinski definition) is 0. The molecule has 2 atom stereocenters. The lowest BCUT2D eigenvalue weighted by Crippen LogP contribution is -2.45. The Kier molecular flexibility index (Phi) is 4.15. The summed E-state index contributed by atoms with van der Waals surface area (Å²) in [5.74, 6) is 0.104. The normalized spacial score (nSPS) is 23.1. The maximum absolute atomic E-state index is 12.5. The summed E-state index contributed by atoms with van der Waals surface area (Å²) in [7, 11) is -4.89. The highest BCUT2D eigenvalue weighted by molar-refractivity contribution is 7.91. The van der Waals surface area contributed by atoms with Gasteiger partial charge in [0.2, 0.25) is 0 Å². The fraction of sp³-hybridized carbons (Fsp3) is 0.625. The van der Waals surface area contributed by atoms with Crippen LogP contribution in [0.4, 0.5) is 0 Å². The molecule has 2 rings (SSSR count). The third-order valence-corrected chi connectivity index (χ3v) is 12.5. The van der Waals surface area contributed by atoms with Crippen LogP contribution < -0.4 is 0 Å². The van der Waals surface area contributed by atoms with Crippen molar-refractivity contribution in [3.8, 4) is 0 Å². The third kappa shape index (κ3) is 3.41. The Bertz CT molecular complexity index is 612. The summed E-state index contributed by atoms with van der Waals surface area (Å²) in [5, 5.41) is 0.208. The van der Waals surface area contributed by atoms with E-state index < -0.39 is 17.9 Å². The van der Waals surface area contributed by atoms with Crippen molar-refractivity contribution in [3.05, 3.63) is 29.8 Å². The van der Waals surface area contributed by atoms with Gasteiger partial charge in [0.05, 0.1) is 30.6 Å². The highest BCUT2D eigenvalue weighted by Crippen LogP contribution is 2.46. The molecule has 0 bridgehead atoms. The molecule has 1 aliphatic rings. The molecule has 0 aliphatic carbocycles. The molecule has 118 valence electrons. The molecule has 1 saturated heterocycles. The summed E-state index contributed by atoms with van der Waals surface area (Å²) in [4.78, 5) is 0.401. The summed E-state index contributed by atoms with van der Waals surface area (Å²) in [6, 6.07) is 7.06. The third-order valence-electron chi connectivity index (χ3n) is 4.99. The van der Waals surface area contributed by atoms with E-state index in [1.807, 2.05) is 19.1 Å². The molecule has 0 saturated carbocycles. The first-order valence-corrected chi connectivity index (χ1v) is 12.1. The Balaban J connectivity index is 2.09. The van der Waals surface area contributed by atoms with Crippen molar-refractivity contribution in [2.24, 2.45) is 0 Å². The first-order valence-electron chi connectivity index (χ1n) is 7.40. The Morgan fingerprint density at radius 1 is 1.14 bits per heavy atom. The van der Waals surface area contributed by atoms with Crippen LogP contribution in [0.2, 0.25) is 18.1 Å². The van der Waals surface area contributed by atoms with Crippen LogP contribution >= 0.6 is 0 Å². The second-order valence-electron chi connectivity index (χ2n) is 7.66. The number of aryl methyl sites for hydroxylation is 1. The molecule has 1 aromatic carbocycles. The molecule has 0 amide bonds. The van der Waals surface area contributed by atoms with Crippen LogP contribution in [0.5, 0.6) is 0 Å². The van der Waals surface area contributed by atoms with Gasteiger partial charge in [0, 0.05) is 0 Å². The minimum atomic E-state index is -3.26. The molecule has 1 heterocycles. The maximum Gasteiger partial charge on any atom is 0.181 e. The number of benzene rings is 1. The van der Waals surface area contributed by atoms with Crippen LogP contribution in [0.15, 0.2) is 29.2 Å². The number of epoxide rings is 1. The van der Waals surface area contributed by atoms with Crippen LogP contribution in [0.3, 0.4) is 0 Å². The lowest BCUT2D eigenvalue weighted by Gasteiger charge is -2.35. The van der Waals surface area contributed by atoms with E-state index >= 15 is 0 Å². The molecule has 1 aromatic rings. The zero-order chi connectivity index (χ0) is 16.1. The molecular weight excluding hydrogens is 300 g/mol. The maximum atomic E-state index is 12.5. The fourth-order valence-electron chi connectivity index (χ4n) is 2.39. The topological polar surface area (TPSA) is 46.7 Å². The van der Waals surface area contributed by atoms with Gasteiger partial charge in [-0.15, -0.1) is 0 Å². The van der Waals surface area contributed by atoms with Crippen LogP contribution in [-0.2, 0) is 14.6 Å². The van der Waals surface area contributed by atoms with Crippen molar-refractivity contribution in [1.82, 2.24) is 0 Å². The van der Waals surface area contributed by atoms with E-state index in [0.29, 0.717) is 4.90 Å².